The maximum atomic E-state index is 12.1. The topological polar surface area (TPSA) is 69.2 Å². The number of hydrazone groups is 1. The van der Waals surface area contributed by atoms with Crippen molar-refractivity contribution in [2.24, 2.45) is 5.10 Å². The third kappa shape index (κ3) is 4.22. The lowest BCUT2D eigenvalue weighted by atomic mass is 10.2. The summed E-state index contributed by atoms with van der Waals surface area (Å²) in [5, 5.41) is 4.40. The standard InChI is InChI=1S/C18H17ClN2O4/c1-2-7-23-14-5-3-12(4-6-14)18(22)21-20-10-13-8-16-17(9-15(13)19)25-11-24-16/h3-6,8-10H,2,7,11H2,1H3,(H,21,22). The van der Waals surface area contributed by atoms with Crippen molar-refractivity contribution < 1.29 is 19.0 Å². The molecule has 0 unspecified atom stereocenters. The normalized spacial score (nSPS) is 12.4. The molecule has 130 valence electrons. The number of carbonyl (C=O) groups excluding carboxylic acids is 1. The maximum absolute atomic E-state index is 12.1. The van der Waals surface area contributed by atoms with Gasteiger partial charge in [0.05, 0.1) is 17.8 Å². The van der Waals surface area contributed by atoms with Crippen LogP contribution in [-0.4, -0.2) is 25.5 Å². The molecular formula is C18H17ClN2O4. The summed E-state index contributed by atoms with van der Waals surface area (Å²) in [6.07, 6.45) is 2.39. The number of halogens is 1. The molecule has 0 saturated carbocycles. The molecule has 1 heterocycles. The highest BCUT2D eigenvalue weighted by Crippen LogP contribution is 2.36. The molecule has 2 aromatic carbocycles. The minimum atomic E-state index is -0.324. The largest absolute Gasteiger partial charge is 0.494 e. The Morgan fingerprint density at radius 3 is 2.72 bits per heavy atom. The van der Waals surface area contributed by atoms with Gasteiger partial charge in [-0.15, -0.1) is 0 Å². The zero-order chi connectivity index (χ0) is 17.6. The monoisotopic (exact) mass is 360 g/mol. The van der Waals surface area contributed by atoms with E-state index in [1.807, 2.05) is 6.92 Å². The van der Waals surface area contributed by atoms with Crippen LogP contribution in [0.15, 0.2) is 41.5 Å². The van der Waals surface area contributed by atoms with Crippen molar-refractivity contribution in [2.45, 2.75) is 13.3 Å². The molecule has 0 spiro atoms. The predicted octanol–water partition coefficient (Wildman–Crippen LogP) is 3.62. The number of benzene rings is 2. The second-order valence-electron chi connectivity index (χ2n) is 5.30. The lowest BCUT2D eigenvalue weighted by molar-refractivity contribution is 0.0955. The van der Waals surface area contributed by atoms with Crippen LogP contribution >= 0.6 is 11.6 Å². The minimum Gasteiger partial charge on any atom is -0.494 e. The SMILES string of the molecule is CCCOc1ccc(C(=O)NN=Cc2cc3c(cc2Cl)OCO3)cc1. The second-order valence-corrected chi connectivity index (χ2v) is 5.71. The lowest BCUT2D eigenvalue weighted by Gasteiger charge is -2.05. The molecule has 0 radical (unpaired) electrons. The van der Waals surface area contributed by atoms with Crippen LogP contribution in [0.2, 0.25) is 5.02 Å². The van der Waals surface area contributed by atoms with Gasteiger partial charge in [0.15, 0.2) is 11.5 Å². The van der Waals surface area contributed by atoms with Crippen LogP contribution in [0.1, 0.15) is 29.3 Å². The van der Waals surface area contributed by atoms with Crippen molar-refractivity contribution >= 4 is 23.7 Å². The van der Waals surface area contributed by atoms with Gasteiger partial charge in [-0.1, -0.05) is 18.5 Å². The number of hydrogen-bond donors (Lipinski definition) is 1. The van der Waals surface area contributed by atoms with Crippen LogP contribution in [0.5, 0.6) is 17.2 Å². The minimum absolute atomic E-state index is 0.168. The summed E-state index contributed by atoms with van der Waals surface area (Å²) in [6.45, 7) is 2.85. The first-order chi connectivity index (χ1) is 12.2. The van der Waals surface area contributed by atoms with E-state index in [0.717, 1.165) is 12.2 Å². The summed E-state index contributed by atoms with van der Waals surface area (Å²) in [5.41, 5.74) is 3.57. The van der Waals surface area contributed by atoms with Crippen LogP contribution in [0, 0.1) is 0 Å². The highest BCUT2D eigenvalue weighted by atomic mass is 35.5. The summed E-state index contributed by atoms with van der Waals surface area (Å²) < 4.78 is 16.0. The molecule has 3 rings (SSSR count). The number of ether oxygens (including phenoxy) is 3. The smallest absolute Gasteiger partial charge is 0.271 e. The molecule has 0 atom stereocenters. The number of carbonyl (C=O) groups is 1. The van der Waals surface area contributed by atoms with Gasteiger partial charge in [-0.2, -0.15) is 5.10 Å². The van der Waals surface area contributed by atoms with Crippen LogP contribution in [-0.2, 0) is 0 Å². The molecule has 0 bridgehead atoms. The van der Waals surface area contributed by atoms with E-state index in [2.05, 4.69) is 10.5 Å². The molecule has 0 aliphatic carbocycles. The Balaban J connectivity index is 1.61. The van der Waals surface area contributed by atoms with Gasteiger partial charge in [-0.25, -0.2) is 5.43 Å². The van der Waals surface area contributed by atoms with E-state index in [1.165, 1.54) is 6.21 Å². The summed E-state index contributed by atoms with van der Waals surface area (Å²) in [7, 11) is 0. The fraction of sp³-hybridized carbons (Fsp3) is 0.222. The van der Waals surface area contributed by atoms with Gasteiger partial charge >= 0.3 is 0 Å². The molecule has 1 amide bonds. The molecule has 0 fully saturated rings. The van der Waals surface area contributed by atoms with Crippen molar-refractivity contribution in [3.63, 3.8) is 0 Å². The molecule has 1 aliphatic heterocycles. The Kier molecular flexibility index (Phi) is 5.40. The number of hydrogen-bond acceptors (Lipinski definition) is 5. The lowest BCUT2D eigenvalue weighted by Crippen LogP contribution is -2.17. The van der Waals surface area contributed by atoms with Crippen molar-refractivity contribution in [3.8, 4) is 17.2 Å². The van der Waals surface area contributed by atoms with Crippen LogP contribution in [0.4, 0.5) is 0 Å². The Hall–Kier alpha value is -2.73. The fourth-order valence-electron chi connectivity index (χ4n) is 2.18. The van der Waals surface area contributed by atoms with Gasteiger partial charge in [0.1, 0.15) is 5.75 Å². The maximum Gasteiger partial charge on any atom is 0.271 e. The van der Waals surface area contributed by atoms with Crippen LogP contribution in [0.25, 0.3) is 0 Å². The Morgan fingerprint density at radius 1 is 1.28 bits per heavy atom. The zero-order valence-electron chi connectivity index (χ0n) is 13.6. The molecule has 7 heteroatoms. The van der Waals surface area contributed by atoms with Crippen LogP contribution < -0.4 is 19.6 Å². The molecule has 25 heavy (non-hydrogen) atoms. The molecule has 1 N–H and O–H groups in total. The summed E-state index contributed by atoms with van der Waals surface area (Å²) in [5.74, 6) is 1.60. The van der Waals surface area contributed by atoms with Crippen LogP contribution in [0.3, 0.4) is 0 Å². The molecule has 0 aromatic heterocycles. The second kappa shape index (κ2) is 7.90. The predicted molar refractivity (Wildman–Crippen MR) is 94.9 cm³/mol. The summed E-state index contributed by atoms with van der Waals surface area (Å²) in [4.78, 5) is 12.1. The molecular weight excluding hydrogens is 344 g/mol. The number of nitrogens with one attached hydrogen (secondary N) is 1. The number of amides is 1. The van der Waals surface area contributed by atoms with Crippen molar-refractivity contribution in [2.75, 3.05) is 13.4 Å². The third-order valence-electron chi connectivity index (χ3n) is 3.45. The number of nitrogens with zero attached hydrogens (tertiary/aromatic N) is 1. The quantitative estimate of drug-likeness (QED) is 0.631. The first-order valence-electron chi connectivity index (χ1n) is 7.83. The number of rotatable bonds is 6. The van der Waals surface area contributed by atoms with E-state index >= 15 is 0 Å². The molecule has 2 aromatic rings. The highest BCUT2D eigenvalue weighted by molar-refractivity contribution is 6.33. The van der Waals surface area contributed by atoms with E-state index in [0.29, 0.717) is 34.3 Å². The van der Waals surface area contributed by atoms with E-state index < -0.39 is 0 Å². The molecule has 1 aliphatic rings. The van der Waals surface area contributed by atoms with E-state index in [1.54, 1.807) is 36.4 Å². The first kappa shape index (κ1) is 17.1. The fourth-order valence-corrected chi connectivity index (χ4v) is 2.38. The number of fused-ring (bicyclic) bond motifs is 1. The van der Waals surface area contributed by atoms with Gasteiger partial charge in [-0.05, 0) is 36.8 Å². The van der Waals surface area contributed by atoms with Crippen molar-refractivity contribution in [3.05, 3.63) is 52.5 Å². The van der Waals surface area contributed by atoms with Gasteiger partial charge < -0.3 is 14.2 Å². The van der Waals surface area contributed by atoms with E-state index in [9.17, 15) is 4.79 Å². The zero-order valence-corrected chi connectivity index (χ0v) is 14.4. The van der Waals surface area contributed by atoms with Gasteiger partial charge in [0.2, 0.25) is 6.79 Å². The summed E-state index contributed by atoms with van der Waals surface area (Å²) >= 11 is 6.15. The summed E-state index contributed by atoms with van der Waals surface area (Å²) in [6, 6.07) is 10.2. The van der Waals surface area contributed by atoms with Gasteiger partial charge in [0, 0.05) is 17.2 Å². The Labute approximate surface area is 150 Å². The average molecular weight is 361 g/mol. The van der Waals surface area contributed by atoms with Crippen molar-refractivity contribution in [1.29, 1.82) is 0 Å². The third-order valence-corrected chi connectivity index (χ3v) is 3.78. The highest BCUT2D eigenvalue weighted by Gasteiger charge is 2.15. The molecule has 0 saturated heterocycles. The Bertz CT molecular complexity index is 790. The van der Waals surface area contributed by atoms with E-state index in [-0.39, 0.29) is 12.7 Å². The molecule has 6 nitrogen and oxygen atoms in total. The van der Waals surface area contributed by atoms with Crippen molar-refractivity contribution in [1.82, 2.24) is 5.43 Å². The van der Waals surface area contributed by atoms with E-state index in [4.69, 9.17) is 25.8 Å². The first-order valence-corrected chi connectivity index (χ1v) is 8.20. The van der Waals surface area contributed by atoms with Gasteiger partial charge in [0.25, 0.3) is 5.91 Å². The average Bonchev–Trinajstić information content (AvgIpc) is 3.07. The van der Waals surface area contributed by atoms with Gasteiger partial charge in [-0.3, -0.25) is 4.79 Å². The Morgan fingerprint density at radius 2 is 2.00 bits per heavy atom.